The third kappa shape index (κ3) is 4.87. The van der Waals surface area contributed by atoms with Crippen LogP contribution in [0.4, 0.5) is 13.2 Å². The fraction of sp³-hybridized carbons (Fsp3) is 0.308. The van der Waals surface area contributed by atoms with Crippen molar-refractivity contribution < 1.29 is 22.6 Å². The highest BCUT2D eigenvalue weighted by Gasteiger charge is 2.35. The zero-order valence-corrected chi connectivity index (χ0v) is 21.1. The molecule has 1 aromatic carbocycles. The largest absolute Gasteiger partial charge is 0.480 e. The molecule has 1 aliphatic rings. The third-order valence-corrected chi connectivity index (χ3v) is 6.33. The van der Waals surface area contributed by atoms with Crippen LogP contribution in [-0.4, -0.2) is 52.5 Å². The van der Waals surface area contributed by atoms with Gasteiger partial charge >= 0.3 is 6.18 Å². The number of halogens is 3. The van der Waals surface area contributed by atoms with E-state index >= 15 is 0 Å². The van der Waals surface area contributed by atoms with Gasteiger partial charge in [-0.2, -0.15) is 18.3 Å². The van der Waals surface area contributed by atoms with Gasteiger partial charge in [0, 0.05) is 24.5 Å². The molecule has 200 valence electrons. The van der Waals surface area contributed by atoms with E-state index in [-0.39, 0.29) is 11.9 Å². The highest BCUT2D eigenvalue weighted by atomic mass is 19.4. The van der Waals surface area contributed by atoms with Crippen LogP contribution in [0.3, 0.4) is 0 Å². The Labute approximate surface area is 220 Å². The SMILES string of the molecule is CCn1cc(C(F)(F)F)nc1-c1ccc(Cn2ncc3cnc(-c4c(OC)ncnc4OC4CC4)nc32)cc1. The van der Waals surface area contributed by atoms with Gasteiger partial charge in [0.15, 0.2) is 17.2 Å². The number of alkyl halides is 3. The van der Waals surface area contributed by atoms with E-state index in [1.165, 1.54) is 18.0 Å². The maximum Gasteiger partial charge on any atom is 0.434 e. The molecular weight excluding hydrogens is 513 g/mol. The molecule has 6 rings (SSSR count). The van der Waals surface area contributed by atoms with E-state index in [9.17, 15) is 13.2 Å². The Morgan fingerprint density at radius 2 is 1.77 bits per heavy atom. The molecule has 4 aromatic heterocycles. The highest BCUT2D eigenvalue weighted by Crippen LogP contribution is 2.37. The van der Waals surface area contributed by atoms with Crippen molar-refractivity contribution >= 4 is 11.0 Å². The zero-order chi connectivity index (χ0) is 27.1. The van der Waals surface area contributed by atoms with Crippen molar-refractivity contribution in [3.63, 3.8) is 0 Å². The molecule has 0 amide bonds. The molecule has 0 atom stereocenters. The normalized spacial score (nSPS) is 13.7. The highest BCUT2D eigenvalue weighted by molar-refractivity contribution is 5.78. The van der Waals surface area contributed by atoms with Crippen LogP contribution >= 0.6 is 0 Å². The molecule has 0 spiro atoms. The lowest BCUT2D eigenvalue weighted by atomic mass is 10.1. The van der Waals surface area contributed by atoms with Crippen molar-refractivity contribution in [2.75, 3.05) is 7.11 Å². The number of fused-ring (bicyclic) bond motifs is 1. The molecule has 5 aromatic rings. The number of rotatable bonds is 8. The van der Waals surface area contributed by atoms with Crippen molar-refractivity contribution in [1.29, 1.82) is 0 Å². The molecule has 0 radical (unpaired) electrons. The van der Waals surface area contributed by atoms with Crippen LogP contribution < -0.4 is 9.47 Å². The molecule has 0 aliphatic heterocycles. The Morgan fingerprint density at radius 3 is 2.46 bits per heavy atom. The Kier molecular flexibility index (Phi) is 6.12. The van der Waals surface area contributed by atoms with Gasteiger partial charge in [-0.25, -0.2) is 29.6 Å². The second-order valence-electron chi connectivity index (χ2n) is 9.09. The quantitative estimate of drug-likeness (QED) is 0.279. The summed E-state index contributed by atoms with van der Waals surface area (Å²) in [5.41, 5.74) is 1.62. The van der Waals surface area contributed by atoms with E-state index in [2.05, 4.69) is 25.0 Å². The molecule has 10 nitrogen and oxygen atoms in total. The van der Waals surface area contributed by atoms with Crippen LogP contribution in [0.5, 0.6) is 11.8 Å². The fourth-order valence-electron chi connectivity index (χ4n) is 4.19. The first-order chi connectivity index (χ1) is 18.8. The van der Waals surface area contributed by atoms with Crippen LogP contribution in [0.1, 0.15) is 31.0 Å². The third-order valence-electron chi connectivity index (χ3n) is 6.33. The predicted octanol–water partition coefficient (Wildman–Crippen LogP) is 4.78. The standard InChI is InChI=1S/C26H23F3N8O2/c1-3-36-13-19(26(27,28)29)34-22(36)16-6-4-15(5-7-16)12-37-23-17(11-33-37)10-30-21(35-23)20-24(38-2)31-14-32-25(20)39-18-8-9-18/h4-7,10-11,13-14,18H,3,8-9,12H2,1-2H3. The predicted molar refractivity (Wildman–Crippen MR) is 134 cm³/mol. The number of imidazole rings is 1. The fourth-order valence-corrected chi connectivity index (χ4v) is 4.19. The van der Waals surface area contributed by atoms with Gasteiger partial charge < -0.3 is 14.0 Å². The molecule has 0 saturated heterocycles. The average molecular weight is 537 g/mol. The second kappa shape index (κ2) is 9.64. The number of methoxy groups -OCH3 is 1. The summed E-state index contributed by atoms with van der Waals surface area (Å²) in [6.45, 7) is 2.52. The van der Waals surface area contributed by atoms with Crippen LogP contribution in [0.2, 0.25) is 0 Å². The minimum atomic E-state index is -4.50. The molecule has 4 heterocycles. The summed E-state index contributed by atoms with van der Waals surface area (Å²) in [5.74, 6) is 1.28. The van der Waals surface area contributed by atoms with Gasteiger partial charge in [-0.1, -0.05) is 24.3 Å². The summed E-state index contributed by atoms with van der Waals surface area (Å²) in [6.07, 6.45) is 3.27. The molecule has 0 N–H and O–H groups in total. The number of benzene rings is 1. The van der Waals surface area contributed by atoms with Crippen molar-refractivity contribution in [3.8, 4) is 34.5 Å². The summed E-state index contributed by atoms with van der Waals surface area (Å²) in [6, 6.07) is 7.18. The second-order valence-corrected chi connectivity index (χ2v) is 9.09. The van der Waals surface area contributed by atoms with Crippen molar-refractivity contribution in [1.82, 2.24) is 39.3 Å². The zero-order valence-electron chi connectivity index (χ0n) is 21.1. The van der Waals surface area contributed by atoms with Gasteiger partial charge in [0.05, 0.1) is 25.2 Å². The first kappa shape index (κ1) is 24.8. The van der Waals surface area contributed by atoms with Gasteiger partial charge in [0.25, 0.3) is 0 Å². The van der Waals surface area contributed by atoms with Crippen molar-refractivity contribution in [2.45, 2.75) is 45.1 Å². The molecule has 39 heavy (non-hydrogen) atoms. The monoisotopic (exact) mass is 536 g/mol. The molecular formula is C26H23F3N8O2. The lowest BCUT2D eigenvalue weighted by Crippen LogP contribution is -2.06. The van der Waals surface area contributed by atoms with E-state index < -0.39 is 11.9 Å². The minimum Gasteiger partial charge on any atom is -0.480 e. The van der Waals surface area contributed by atoms with E-state index in [1.54, 1.807) is 36.1 Å². The molecule has 0 unspecified atom stereocenters. The van der Waals surface area contributed by atoms with Crippen molar-refractivity contribution in [3.05, 3.63) is 60.4 Å². The summed E-state index contributed by atoms with van der Waals surface area (Å²) >= 11 is 0. The summed E-state index contributed by atoms with van der Waals surface area (Å²) < 4.78 is 54.1. The molecule has 13 heteroatoms. The first-order valence-electron chi connectivity index (χ1n) is 12.3. The number of ether oxygens (including phenoxy) is 2. The number of hydrogen-bond donors (Lipinski definition) is 0. The Bertz CT molecular complexity index is 1640. The van der Waals surface area contributed by atoms with Crippen LogP contribution in [0.25, 0.3) is 33.8 Å². The topological polar surface area (TPSA) is 106 Å². The molecule has 0 bridgehead atoms. The number of aromatic nitrogens is 8. The molecule has 1 aliphatic carbocycles. The Balaban J connectivity index is 1.30. The minimum absolute atomic E-state index is 0.107. The van der Waals surface area contributed by atoms with E-state index in [4.69, 9.17) is 14.5 Å². The lowest BCUT2D eigenvalue weighted by Gasteiger charge is -2.12. The van der Waals surface area contributed by atoms with Crippen LogP contribution in [-0.2, 0) is 19.3 Å². The summed E-state index contributed by atoms with van der Waals surface area (Å²) in [7, 11) is 1.51. The van der Waals surface area contributed by atoms with E-state index in [0.29, 0.717) is 47.4 Å². The van der Waals surface area contributed by atoms with Gasteiger partial charge in [0.1, 0.15) is 23.8 Å². The van der Waals surface area contributed by atoms with Crippen molar-refractivity contribution in [2.24, 2.45) is 0 Å². The van der Waals surface area contributed by atoms with Crippen LogP contribution in [0, 0.1) is 0 Å². The number of hydrogen-bond acceptors (Lipinski definition) is 8. The average Bonchev–Trinajstić information content (AvgIpc) is 3.49. The number of nitrogens with zero attached hydrogens (tertiary/aromatic N) is 8. The Hall–Kier alpha value is -4.55. The maximum atomic E-state index is 13.2. The lowest BCUT2D eigenvalue weighted by molar-refractivity contribution is -0.140. The van der Waals surface area contributed by atoms with E-state index in [1.807, 2.05) is 12.1 Å². The smallest absolute Gasteiger partial charge is 0.434 e. The summed E-state index contributed by atoms with van der Waals surface area (Å²) in [4.78, 5) is 21.5. The van der Waals surface area contributed by atoms with Gasteiger partial charge in [-0.05, 0) is 25.3 Å². The molecule has 1 fully saturated rings. The number of aryl methyl sites for hydroxylation is 1. The first-order valence-corrected chi connectivity index (χ1v) is 12.3. The maximum absolute atomic E-state index is 13.2. The van der Waals surface area contributed by atoms with Gasteiger partial charge in [-0.3, -0.25) is 0 Å². The molecule has 1 saturated carbocycles. The van der Waals surface area contributed by atoms with Gasteiger partial charge in [0.2, 0.25) is 11.8 Å². The van der Waals surface area contributed by atoms with Crippen LogP contribution in [0.15, 0.2) is 49.2 Å². The summed E-state index contributed by atoms with van der Waals surface area (Å²) in [5, 5.41) is 5.20. The Morgan fingerprint density at radius 1 is 1.00 bits per heavy atom. The van der Waals surface area contributed by atoms with Gasteiger partial charge in [-0.15, -0.1) is 0 Å². The van der Waals surface area contributed by atoms with E-state index in [0.717, 1.165) is 30.0 Å².